The molecule has 4 rings (SSSR count). The molecule has 0 aliphatic carbocycles. The van der Waals surface area contributed by atoms with Gasteiger partial charge in [-0.05, 0) is 69.2 Å². The first-order chi connectivity index (χ1) is 12.6. The molecule has 3 fully saturated rings. The van der Waals surface area contributed by atoms with Gasteiger partial charge in [-0.1, -0.05) is 0 Å². The Labute approximate surface area is 154 Å². The van der Waals surface area contributed by atoms with Crippen molar-refractivity contribution >= 4 is 5.91 Å². The van der Waals surface area contributed by atoms with Gasteiger partial charge in [-0.3, -0.25) is 9.59 Å². The summed E-state index contributed by atoms with van der Waals surface area (Å²) in [5, 5.41) is 3.33. The zero-order chi connectivity index (χ0) is 18.1. The minimum atomic E-state index is -0.116. The van der Waals surface area contributed by atoms with Gasteiger partial charge in [-0.2, -0.15) is 0 Å². The third kappa shape index (κ3) is 3.21. The zero-order valence-corrected chi connectivity index (χ0v) is 15.6. The highest BCUT2D eigenvalue weighted by Gasteiger charge is 2.41. The number of hydrogen-bond acceptors (Lipinski definition) is 4. The summed E-state index contributed by atoms with van der Waals surface area (Å²) >= 11 is 0. The normalized spacial score (nSPS) is 23.5. The van der Waals surface area contributed by atoms with Crippen LogP contribution in [0.1, 0.15) is 54.1 Å². The number of ether oxygens (including phenoxy) is 1. The number of carbonyl (C=O) groups excluding carboxylic acids is 1. The predicted molar refractivity (Wildman–Crippen MR) is 99.6 cm³/mol. The van der Waals surface area contributed by atoms with Gasteiger partial charge in [-0.25, -0.2) is 0 Å². The lowest BCUT2D eigenvalue weighted by atomic mass is 9.80. The summed E-state index contributed by atoms with van der Waals surface area (Å²) in [6.45, 7) is 6.80. The van der Waals surface area contributed by atoms with Gasteiger partial charge in [0.15, 0.2) is 0 Å². The van der Waals surface area contributed by atoms with E-state index in [1.54, 1.807) is 4.57 Å². The number of nitrogens with one attached hydrogen (secondary N) is 1. The lowest BCUT2D eigenvalue weighted by molar-refractivity contribution is 0.0190. The van der Waals surface area contributed by atoms with Gasteiger partial charge in [0.05, 0.1) is 0 Å². The second-order valence-corrected chi connectivity index (χ2v) is 8.16. The number of piperidine rings is 1. The van der Waals surface area contributed by atoms with E-state index in [1.807, 2.05) is 24.1 Å². The highest BCUT2D eigenvalue weighted by molar-refractivity contribution is 5.95. The summed E-state index contributed by atoms with van der Waals surface area (Å²) in [6, 6.07) is 2.12. The number of rotatable bonds is 2. The molecule has 0 atom stereocenters. The summed E-state index contributed by atoms with van der Waals surface area (Å²) in [5.41, 5.74) is 1.24. The topological polar surface area (TPSA) is 63.6 Å². The molecule has 142 valence electrons. The van der Waals surface area contributed by atoms with E-state index in [2.05, 4.69) is 5.32 Å². The van der Waals surface area contributed by atoms with E-state index < -0.39 is 0 Å². The van der Waals surface area contributed by atoms with Crippen LogP contribution in [0.5, 0.6) is 0 Å². The number of aromatic nitrogens is 1. The number of amides is 1. The minimum absolute atomic E-state index is 0.0841. The molecule has 3 aliphatic rings. The Morgan fingerprint density at radius 2 is 1.96 bits per heavy atom. The Hall–Kier alpha value is -1.66. The van der Waals surface area contributed by atoms with Crippen LogP contribution in [0.15, 0.2) is 17.1 Å². The van der Waals surface area contributed by atoms with Crippen LogP contribution in [0.4, 0.5) is 0 Å². The van der Waals surface area contributed by atoms with E-state index >= 15 is 0 Å². The monoisotopic (exact) mass is 359 g/mol. The molecule has 0 saturated carbocycles. The van der Waals surface area contributed by atoms with Crippen molar-refractivity contribution in [1.29, 1.82) is 0 Å². The maximum atomic E-state index is 13.2. The maximum Gasteiger partial charge on any atom is 0.263 e. The molecular weight excluding hydrogens is 330 g/mol. The van der Waals surface area contributed by atoms with Crippen molar-refractivity contribution in [3.05, 3.63) is 33.7 Å². The zero-order valence-electron chi connectivity index (χ0n) is 15.6. The average Bonchev–Trinajstić information content (AvgIpc) is 3.06. The van der Waals surface area contributed by atoms with E-state index in [0.717, 1.165) is 77.1 Å². The Balaban J connectivity index is 1.58. The second-order valence-electron chi connectivity index (χ2n) is 8.16. The van der Waals surface area contributed by atoms with Gasteiger partial charge in [0, 0.05) is 38.5 Å². The van der Waals surface area contributed by atoms with Crippen LogP contribution in [0.3, 0.4) is 0 Å². The van der Waals surface area contributed by atoms with Crippen molar-refractivity contribution < 1.29 is 9.53 Å². The molecule has 0 unspecified atom stereocenters. The van der Waals surface area contributed by atoms with Crippen LogP contribution in [0.2, 0.25) is 0 Å². The summed E-state index contributed by atoms with van der Waals surface area (Å²) in [4.78, 5) is 28.3. The minimum Gasteiger partial charge on any atom is -0.381 e. The average molecular weight is 359 g/mol. The van der Waals surface area contributed by atoms with Gasteiger partial charge < -0.3 is 19.5 Å². The quantitative estimate of drug-likeness (QED) is 0.873. The Morgan fingerprint density at radius 3 is 2.69 bits per heavy atom. The summed E-state index contributed by atoms with van der Waals surface area (Å²) in [6.07, 6.45) is 6.80. The number of hydrogen-bond donors (Lipinski definition) is 1. The standard InChI is InChI=1S/C20H29N3O3/c1-15-4-10-23(16-2-8-21-9-3-16)19(25)17(15)18(24)22-11-5-20(14-22)6-12-26-13-7-20/h4,10,16,21H,2-3,5-9,11-14H2,1H3. The molecule has 0 aromatic carbocycles. The van der Waals surface area contributed by atoms with Crippen molar-refractivity contribution in [2.75, 3.05) is 39.4 Å². The van der Waals surface area contributed by atoms with Gasteiger partial charge >= 0.3 is 0 Å². The van der Waals surface area contributed by atoms with Crippen molar-refractivity contribution in [3.8, 4) is 0 Å². The molecule has 3 saturated heterocycles. The number of likely N-dealkylation sites (tertiary alicyclic amines) is 1. The van der Waals surface area contributed by atoms with E-state index in [1.165, 1.54) is 0 Å². The lowest BCUT2D eigenvalue weighted by Crippen LogP contribution is -2.40. The predicted octanol–water partition coefficient (Wildman–Crippen LogP) is 1.72. The molecule has 26 heavy (non-hydrogen) atoms. The summed E-state index contributed by atoms with van der Waals surface area (Å²) in [7, 11) is 0. The fourth-order valence-corrected chi connectivity index (χ4v) is 4.75. The SMILES string of the molecule is Cc1ccn(C2CCNCC2)c(=O)c1C(=O)N1CCC2(CCOCC2)C1. The molecule has 1 spiro atoms. The first kappa shape index (κ1) is 17.7. The van der Waals surface area contributed by atoms with Crippen molar-refractivity contribution in [1.82, 2.24) is 14.8 Å². The van der Waals surface area contributed by atoms with E-state index in [4.69, 9.17) is 4.74 Å². The summed E-state index contributed by atoms with van der Waals surface area (Å²) in [5.74, 6) is -0.0841. The van der Waals surface area contributed by atoms with Crippen LogP contribution in [-0.4, -0.2) is 54.8 Å². The van der Waals surface area contributed by atoms with Crippen molar-refractivity contribution in [3.63, 3.8) is 0 Å². The largest absolute Gasteiger partial charge is 0.381 e. The van der Waals surface area contributed by atoms with Crippen LogP contribution in [0, 0.1) is 12.3 Å². The number of aryl methyl sites for hydroxylation is 1. The van der Waals surface area contributed by atoms with E-state index in [9.17, 15) is 9.59 Å². The number of pyridine rings is 1. The highest BCUT2D eigenvalue weighted by Crippen LogP contribution is 2.40. The molecule has 3 aliphatic heterocycles. The van der Waals surface area contributed by atoms with Crippen molar-refractivity contribution in [2.45, 2.75) is 45.1 Å². The van der Waals surface area contributed by atoms with Crippen LogP contribution in [0.25, 0.3) is 0 Å². The van der Waals surface area contributed by atoms with Crippen LogP contribution >= 0.6 is 0 Å². The third-order valence-electron chi connectivity index (χ3n) is 6.52. The van der Waals surface area contributed by atoms with Gasteiger partial charge in [-0.15, -0.1) is 0 Å². The molecule has 1 aromatic heterocycles. The van der Waals surface area contributed by atoms with Gasteiger partial charge in [0.2, 0.25) is 0 Å². The number of nitrogens with zero attached hydrogens (tertiary/aromatic N) is 2. The molecule has 6 nitrogen and oxygen atoms in total. The van der Waals surface area contributed by atoms with Gasteiger partial charge in [0.1, 0.15) is 5.56 Å². The molecule has 4 heterocycles. The molecule has 0 radical (unpaired) electrons. The molecule has 1 amide bonds. The highest BCUT2D eigenvalue weighted by atomic mass is 16.5. The first-order valence-electron chi connectivity index (χ1n) is 9.89. The van der Waals surface area contributed by atoms with Crippen molar-refractivity contribution in [2.24, 2.45) is 5.41 Å². The van der Waals surface area contributed by atoms with E-state index in [-0.39, 0.29) is 22.9 Å². The molecular formula is C20H29N3O3. The molecule has 0 bridgehead atoms. The molecule has 6 heteroatoms. The Morgan fingerprint density at radius 1 is 1.23 bits per heavy atom. The fraction of sp³-hybridized carbons (Fsp3) is 0.700. The summed E-state index contributed by atoms with van der Waals surface area (Å²) < 4.78 is 7.29. The second kappa shape index (κ2) is 7.16. The lowest BCUT2D eigenvalue weighted by Gasteiger charge is -2.33. The number of carbonyl (C=O) groups is 1. The molecule has 1 aromatic rings. The van der Waals surface area contributed by atoms with Crippen LogP contribution in [-0.2, 0) is 4.74 Å². The Bertz CT molecular complexity index is 730. The molecule has 1 N–H and O–H groups in total. The third-order valence-corrected chi connectivity index (χ3v) is 6.52. The van der Waals surface area contributed by atoms with E-state index in [0.29, 0.717) is 5.56 Å². The fourth-order valence-electron chi connectivity index (χ4n) is 4.75. The maximum absolute atomic E-state index is 13.2. The van der Waals surface area contributed by atoms with Gasteiger partial charge in [0.25, 0.3) is 11.5 Å². The smallest absolute Gasteiger partial charge is 0.263 e. The van der Waals surface area contributed by atoms with Crippen LogP contribution < -0.4 is 10.9 Å². The Kier molecular flexibility index (Phi) is 4.88. The first-order valence-corrected chi connectivity index (χ1v) is 9.89.